The molecule has 0 spiro atoms. The van der Waals surface area contributed by atoms with Crippen LogP contribution >= 0.6 is 0 Å². The number of benzene rings is 3. The molecule has 0 unspecified atom stereocenters. The summed E-state index contributed by atoms with van der Waals surface area (Å²) in [6.07, 6.45) is 10.9. The summed E-state index contributed by atoms with van der Waals surface area (Å²) in [5, 5.41) is 7.81. The van der Waals surface area contributed by atoms with Crippen LogP contribution in [0.3, 0.4) is 0 Å². The van der Waals surface area contributed by atoms with Crippen molar-refractivity contribution in [2.45, 2.75) is 92.9 Å². The second-order valence-electron chi connectivity index (χ2n) is 15.8. The van der Waals surface area contributed by atoms with Gasteiger partial charge in [0.05, 0.1) is 29.5 Å². The van der Waals surface area contributed by atoms with Crippen LogP contribution < -0.4 is 9.47 Å². The molecular formula is C46H54N4O2. The van der Waals surface area contributed by atoms with Crippen LogP contribution in [-0.2, 0) is 12.8 Å². The van der Waals surface area contributed by atoms with E-state index in [-0.39, 0.29) is 0 Å². The van der Waals surface area contributed by atoms with Crippen LogP contribution in [0.4, 0.5) is 0 Å². The van der Waals surface area contributed by atoms with Gasteiger partial charge in [0.2, 0.25) is 0 Å². The van der Waals surface area contributed by atoms with Crippen LogP contribution in [0.1, 0.15) is 95.7 Å². The van der Waals surface area contributed by atoms with Crippen LogP contribution in [0.2, 0.25) is 0 Å². The van der Waals surface area contributed by atoms with Crippen LogP contribution in [0, 0.1) is 24.7 Å². The fraction of sp³-hybridized carbons (Fsp3) is 0.391. The second kappa shape index (κ2) is 15.0. The van der Waals surface area contributed by atoms with Gasteiger partial charge in [-0.25, -0.2) is 9.67 Å². The number of rotatable bonds is 12. The third-order valence-electron chi connectivity index (χ3n) is 10.8. The average molecular weight is 695 g/mol. The number of aryl methyl sites for hydroxylation is 2. The number of hydrogen-bond acceptors (Lipinski definition) is 4. The third-order valence-corrected chi connectivity index (χ3v) is 10.8. The molecule has 3 aromatic heterocycles. The molecule has 3 aromatic carbocycles. The standard InChI is InChI=1S/C46H54N4O2/c1-29(2)16-20-40-46(45-32(6)12-11-13-33(45)7)42(21-17-30(3)4)50(48-40)34-24-31(5)25-37(26-34)52-36-18-19-39-38-14-9-10-15-41(38)49(43(39)27-36)44-28-35(51-8)22-23-47-44/h9-10,12,14-15,18-19,22-30,33,45H,11,13,16-17,20-21H2,1-8H3/t33-,45+/m0/s1. The van der Waals surface area contributed by atoms with Gasteiger partial charge in [-0.05, 0) is 112 Å². The predicted molar refractivity (Wildman–Crippen MR) is 215 cm³/mol. The average Bonchev–Trinajstić information content (AvgIpc) is 3.64. The van der Waals surface area contributed by atoms with Crippen LogP contribution in [0.15, 0.2) is 90.6 Å². The van der Waals surface area contributed by atoms with E-state index in [2.05, 4.69) is 124 Å². The van der Waals surface area contributed by atoms with E-state index in [1.54, 1.807) is 13.3 Å². The third kappa shape index (κ3) is 7.13. The molecule has 6 nitrogen and oxygen atoms in total. The molecule has 0 aliphatic heterocycles. The number of aromatic nitrogens is 4. The fourth-order valence-electron chi connectivity index (χ4n) is 8.15. The summed E-state index contributed by atoms with van der Waals surface area (Å²) in [4.78, 5) is 4.74. The molecule has 7 rings (SSSR count). The Labute approximate surface area is 309 Å². The molecule has 1 aliphatic carbocycles. The van der Waals surface area contributed by atoms with Crippen LogP contribution in [-0.4, -0.2) is 26.4 Å². The largest absolute Gasteiger partial charge is 0.497 e. The van der Waals surface area contributed by atoms with Gasteiger partial charge in [-0.1, -0.05) is 64.5 Å². The highest BCUT2D eigenvalue weighted by Crippen LogP contribution is 2.43. The van der Waals surface area contributed by atoms with Gasteiger partial charge in [-0.3, -0.25) is 4.57 Å². The van der Waals surface area contributed by atoms with E-state index < -0.39 is 0 Å². The van der Waals surface area contributed by atoms with E-state index in [4.69, 9.17) is 19.6 Å². The van der Waals surface area contributed by atoms with Gasteiger partial charge in [-0.15, -0.1) is 0 Å². The SMILES string of the molecule is COc1ccnc(-n2c3ccccc3c3ccc(Oc4cc(C)cc(-n5nc(CCC(C)C)c([C@@H]6C(C)=CCC[C@@H]6C)c5CCC(C)C)c4)cc32)c1. The molecule has 1 aliphatic rings. The van der Waals surface area contributed by atoms with Crippen LogP contribution in [0.5, 0.6) is 17.2 Å². The van der Waals surface area contributed by atoms with Gasteiger partial charge in [0.15, 0.2) is 0 Å². The molecule has 0 N–H and O–H groups in total. The van der Waals surface area contributed by atoms with Crippen LogP contribution in [0.25, 0.3) is 33.3 Å². The van der Waals surface area contributed by atoms with Gasteiger partial charge in [0.1, 0.15) is 23.1 Å². The Morgan fingerprint density at radius 2 is 1.58 bits per heavy atom. The number of fused-ring (bicyclic) bond motifs is 3. The maximum atomic E-state index is 6.76. The summed E-state index contributed by atoms with van der Waals surface area (Å²) in [5.74, 6) is 5.35. The Kier molecular flexibility index (Phi) is 10.3. The minimum absolute atomic E-state index is 0.407. The summed E-state index contributed by atoms with van der Waals surface area (Å²) in [6.45, 7) is 16.2. The zero-order valence-corrected chi connectivity index (χ0v) is 32.2. The molecule has 0 fully saturated rings. The van der Waals surface area contributed by atoms with Crippen molar-refractivity contribution < 1.29 is 9.47 Å². The molecule has 0 amide bonds. The number of nitrogens with zero attached hydrogens (tertiary/aromatic N) is 4. The molecule has 3 heterocycles. The smallest absolute Gasteiger partial charge is 0.141 e. The van der Waals surface area contributed by atoms with E-state index in [1.165, 1.54) is 40.8 Å². The summed E-state index contributed by atoms with van der Waals surface area (Å²) < 4.78 is 16.8. The van der Waals surface area contributed by atoms with E-state index in [0.717, 1.165) is 76.4 Å². The normalized spacial score (nSPS) is 16.3. The Hall–Kier alpha value is -4.84. The molecule has 270 valence electrons. The zero-order valence-electron chi connectivity index (χ0n) is 32.2. The van der Waals surface area contributed by atoms with Gasteiger partial charge < -0.3 is 9.47 Å². The lowest BCUT2D eigenvalue weighted by atomic mass is 9.74. The van der Waals surface area contributed by atoms with Crippen molar-refractivity contribution in [3.8, 4) is 28.8 Å². The lowest BCUT2D eigenvalue weighted by Crippen LogP contribution is -2.18. The van der Waals surface area contributed by atoms with E-state index in [9.17, 15) is 0 Å². The van der Waals surface area contributed by atoms with Crippen molar-refractivity contribution in [2.24, 2.45) is 17.8 Å². The number of allylic oxidation sites excluding steroid dienone is 2. The van der Waals surface area contributed by atoms with Crippen molar-refractivity contribution in [3.63, 3.8) is 0 Å². The molecule has 0 bridgehead atoms. The second-order valence-corrected chi connectivity index (χ2v) is 15.8. The van der Waals surface area contributed by atoms with Crippen molar-refractivity contribution in [3.05, 3.63) is 113 Å². The lowest BCUT2D eigenvalue weighted by molar-refractivity contribution is 0.414. The Bertz CT molecular complexity index is 2240. The Morgan fingerprint density at radius 3 is 2.35 bits per heavy atom. The van der Waals surface area contributed by atoms with E-state index >= 15 is 0 Å². The predicted octanol–water partition coefficient (Wildman–Crippen LogP) is 12.1. The first-order valence-corrected chi connectivity index (χ1v) is 19.2. The number of methoxy groups -OCH3 is 1. The minimum atomic E-state index is 0.407. The first-order valence-electron chi connectivity index (χ1n) is 19.2. The highest BCUT2D eigenvalue weighted by molar-refractivity contribution is 6.09. The molecular weight excluding hydrogens is 641 g/mol. The van der Waals surface area contributed by atoms with Crippen molar-refractivity contribution in [2.75, 3.05) is 7.11 Å². The monoisotopic (exact) mass is 694 g/mol. The van der Waals surface area contributed by atoms with Gasteiger partial charge >= 0.3 is 0 Å². The summed E-state index contributed by atoms with van der Waals surface area (Å²) in [7, 11) is 1.69. The minimum Gasteiger partial charge on any atom is -0.497 e. The molecule has 6 aromatic rings. The van der Waals surface area contributed by atoms with E-state index in [0.29, 0.717) is 23.7 Å². The topological polar surface area (TPSA) is 54.1 Å². The van der Waals surface area contributed by atoms with Crippen molar-refractivity contribution >= 4 is 21.8 Å². The quantitative estimate of drug-likeness (QED) is 0.120. The lowest BCUT2D eigenvalue weighted by Gasteiger charge is -2.30. The number of ether oxygens (including phenoxy) is 2. The molecule has 0 saturated heterocycles. The maximum Gasteiger partial charge on any atom is 0.141 e. The first-order chi connectivity index (χ1) is 25.1. The Morgan fingerprint density at radius 1 is 0.808 bits per heavy atom. The van der Waals surface area contributed by atoms with Gasteiger partial charge in [0, 0.05) is 52.3 Å². The highest BCUT2D eigenvalue weighted by atomic mass is 16.5. The summed E-state index contributed by atoms with van der Waals surface area (Å²) >= 11 is 0. The molecule has 0 radical (unpaired) electrons. The number of hydrogen-bond donors (Lipinski definition) is 0. The zero-order chi connectivity index (χ0) is 36.5. The van der Waals surface area contributed by atoms with Crippen molar-refractivity contribution in [1.82, 2.24) is 19.3 Å². The summed E-state index contributed by atoms with van der Waals surface area (Å²) in [6, 6.07) is 25.2. The Balaban J connectivity index is 1.33. The van der Waals surface area contributed by atoms with Gasteiger partial charge in [-0.2, -0.15) is 5.10 Å². The first kappa shape index (κ1) is 35.6. The van der Waals surface area contributed by atoms with Crippen molar-refractivity contribution in [1.29, 1.82) is 0 Å². The molecule has 2 atom stereocenters. The maximum absolute atomic E-state index is 6.76. The molecule has 6 heteroatoms. The molecule has 0 saturated carbocycles. The molecule has 52 heavy (non-hydrogen) atoms. The fourth-order valence-corrected chi connectivity index (χ4v) is 8.15. The van der Waals surface area contributed by atoms with E-state index in [1.807, 2.05) is 12.1 Å². The summed E-state index contributed by atoms with van der Waals surface area (Å²) in [5.41, 5.74) is 9.94. The highest BCUT2D eigenvalue weighted by Gasteiger charge is 2.32. The number of pyridine rings is 1. The number of para-hydroxylation sites is 1. The van der Waals surface area contributed by atoms with Gasteiger partial charge in [0.25, 0.3) is 0 Å².